The van der Waals surface area contributed by atoms with Crippen LogP contribution in [0.4, 0.5) is 0 Å². The maximum absolute atomic E-state index is 6.00. The molecule has 0 aliphatic heterocycles. The quantitative estimate of drug-likeness (QED) is 0.841. The van der Waals surface area contributed by atoms with Gasteiger partial charge in [-0.25, -0.2) is 0 Å². The summed E-state index contributed by atoms with van der Waals surface area (Å²) in [6.07, 6.45) is 0. The van der Waals surface area contributed by atoms with Crippen molar-refractivity contribution in [1.82, 2.24) is 0 Å². The predicted octanol–water partition coefficient (Wildman–Crippen LogP) is 1.96. The van der Waals surface area contributed by atoms with E-state index in [0.717, 1.165) is 5.56 Å². The molecular formula is C9H12Cl2N2O. The Kier molecular flexibility index (Phi) is 4.01. The average molecular weight is 235 g/mol. The summed E-state index contributed by atoms with van der Waals surface area (Å²) in [4.78, 5) is 0. The fourth-order valence-corrected chi connectivity index (χ4v) is 1.66. The monoisotopic (exact) mass is 234 g/mol. The van der Waals surface area contributed by atoms with Gasteiger partial charge in [0, 0.05) is 12.6 Å². The van der Waals surface area contributed by atoms with E-state index in [9.17, 15) is 0 Å². The Labute approximate surface area is 92.9 Å². The van der Waals surface area contributed by atoms with Crippen molar-refractivity contribution in [2.75, 3.05) is 13.7 Å². The minimum Gasteiger partial charge on any atom is -0.495 e. The van der Waals surface area contributed by atoms with Gasteiger partial charge in [-0.05, 0) is 11.6 Å². The van der Waals surface area contributed by atoms with Crippen LogP contribution in [0.5, 0.6) is 5.75 Å². The van der Waals surface area contributed by atoms with Gasteiger partial charge in [-0.3, -0.25) is 0 Å². The summed E-state index contributed by atoms with van der Waals surface area (Å²) in [5.74, 6) is 0.532. The lowest BCUT2D eigenvalue weighted by molar-refractivity contribution is 0.415. The van der Waals surface area contributed by atoms with Crippen molar-refractivity contribution in [3.8, 4) is 5.75 Å². The first-order valence-electron chi connectivity index (χ1n) is 4.09. The van der Waals surface area contributed by atoms with Gasteiger partial charge in [0.25, 0.3) is 0 Å². The number of halogens is 2. The zero-order valence-corrected chi connectivity index (χ0v) is 9.27. The SMILES string of the molecule is COc1ccc(C(N)CN)c(Cl)c1Cl. The number of rotatable bonds is 3. The van der Waals surface area contributed by atoms with Gasteiger partial charge in [0.2, 0.25) is 0 Å². The molecule has 0 aliphatic rings. The molecule has 3 nitrogen and oxygen atoms in total. The number of nitrogens with two attached hydrogens (primary N) is 2. The lowest BCUT2D eigenvalue weighted by atomic mass is 10.1. The molecule has 0 amide bonds. The highest BCUT2D eigenvalue weighted by Gasteiger charge is 2.14. The average Bonchev–Trinajstić information content (AvgIpc) is 2.21. The van der Waals surface area contributed by atoms with Crippen LogP contribution < -0.4 is 16.2 Å². The van der Waals surface area contributed by atoms with Crippen molar-refractivity contribution < 1.29 is 4.74 Å². The van der Waals surface area contributed by atoms with Crippen LogP contribution in [0.25, 0.3) is 0 Å². The lowest BCUT2D eigenvalue weighted by Crippen LogP contribution is -2.21. The van der Waals surface area contributed by atoms with Crippen molar-refractivity contribution >= 4 is 23.2 Å². The van der Waals surface area contributed by atoms with Gasteiger partial charge in [0.15, 0.2) is 0 Å². The fourth-order valence-electron chi connectivity index (χ4n) is 1.12. The molecule has 78 valence electrons. The molecule has 0 saturated carbocycles. The molecule has 0 aliphatic carbocycles. The molecule has 0 saturated heterocycles. The van der Waals surface area contributed by atoms with Gasteiger partial charge in [-0.2, -0.15) is 0 Å². The van der Waals surface area contributed by atoms with Crippen molar-refractivity contribution in [1.29, 1.82) is 0 Å². The molecule has 5 heteroatoms. The molecule has 0 aromatic heterocycles. The summed E-state index contributed by atoms with van der Waals surface area (Å²) >= 11 is 11.9. The first-order valence-corrected chi connectivity index (χ1v) is 4.85. The Morgan fingerprint density at radius 2 is 2.00 bits per heavy atom. The third kappa shape index (κ3) is 2.12. The van der Waals surface area contributed by atoms with E-state index in [1.165, 1.54) is 7.11 Å². The van der Waals surface area contributed by atoms with Crippen LogP contribution in [0.1, 0.15) is 11.6 Å². The van der Waals surface area contributed by atoms with Crippen LogP contribution in [-0.4, -0.2) is 13.7 Å². The van der Waals surface area contributed by atoms with E-state index in [0.29, 0.717) is 22.3 Å². The third-order valence-electron chi connectivity index (χ3n) is 1.95. The van der Waals surface area contributed by atoms with Gasteiger partial charge in [0.05, 0.1) is 12.1 Å². The van der Waals surface area contributed by atoms with Crippen LogP contribution >= 0.6 is 23.2 Å². The molecule has 0 fully saturated rings. The highest BCUT2D eigenvalue weighted by atomic mass is 35.5. The molecule has 1 atom stereocenters. The smallest absolute Gasteiger partial charge is 0.139 e. The fraction of sp³-hybridized carbons (Fsp3) is 0.333. The maximum Gasteiger partial charge on any atom is 0.139 e. The summed E-state index contributed by atoms with van der Waals surface area (Å²) in [6, 6.07) is 3.19. The molecule has 1 rings (SSSR count). The van der Waals surface area contributed by atoms with E-state index >= 15 is 0 Å². The summed E-state index contributed by atoms with van der Waals surface area (Å²) in [7, 11) is 1.53. The minimum atomic E-state index is -0.300. The highest BCUT2D eigenvalue weighted by molar-refractivity contribution is 6.43. The first kappa shape index (κ1) is 11.6. The number of benzene rings is 1. The van der Waals surface area contributed by atoms with Gasteiger partial charge in [-0.15, -0.1) is 0 Å². The van der Waals surface area contributed by atoms with Gasteiger partial charge in [-0.1, -0.05) is 29.3 Å². The Hall–Kier alpha value is -0.480. The second-order valence-corrected chi connectivity index (χ2v) is 3.58. The summed E-state index contributed by atoms with van der Waals surface area (Å²) in [6.45, 7) is 0.322. The molecule has 0 bridgehead atoms. The van der Waals surface area contributed by atoms with E-state index in [1.54, 1.807) is 12.1 Å². The number of hydrogen-bond acceptors (Lipinski definition) is 3. The van der Waals surface area contributed by atoms with Crippen LogP contribution in [0.15, 0.2) is 12.1 Å². The van der Waals surface area contributed by atoms with Crippen LogP contribution in [0, 0.1) is 0 Å². The molecule has 0 spiro atoms. The van der Waals surface area contributed by atoms with E-state index < -0.39 is 0 Å². The molecule has 1 aromatic carbocycles. The molecule has 14 heavy (non-hydrogen) atoms. The number of methoxy groups -OCH3 is 1. The maximum atomic E-state index is 6.00. The van der Waals surface area contributed by atoms with E-state index in [4.69, 9.17) is 39.4 Å². The summed E-state index contributed by atoms with van der Waals surface area (Å²) < 4.78 is 5.01. The summed E-state index contributed by atoms with van der Waals surface area (Å²) in [5.41, 5.74) is 11.9. The largest absolute Gasteiger partial charge is 0.495 e. The standard InChI is InChI=1S/C9H12Cl2N2O/c1-14-7-3-2-5(6(13)4-12)8(10)9(7)11/h2-3,6H,4,12-13H2,1H3. The van der Waals surface area contributed by atoms with Crippen LogP contribution in [-0.2, 0) is 0 Å². The molecule has 1 aromatic rings. The molecule has 4 N–H and O–H groups in total. The van der Waals surface area contributed by atoms with E-state index in [-0.39, 0.29) is 6.04 Å². The first-order chi connectivity index (χ1) is 6.61. The molecule has 0 radical (unpaired) electrons. The van der Waals surface area contributed by atoms with Crippen molar-refractivity contribution in [2.45, 2.75) is 6.04 Å². The normalized spacial score (nSPS) is 12.6. The highest BCUT2D eigenvalue weighted by Crippen LogP contribution is 2.36. The van der Waals surface area contributed by atoms with Crippen molar-refractivity contribution in [3.63, 3.8) is 0 Å². The second-order valence-electron chi connectivity index (χ2n) is 2.83. The number of ether oxygens (including phenoxy) is 1. The van der Waals surface area contributed by atoms with Gasteiger partial charge in [0.1, 0.15) is 10.8 Å². The minimum absolute atomic E-state index is 0.300. The summed E-state index contributed by atoms with van der Waals surface area (Å²) in [5, 5.41) is 0.777. The van der Waals surface area contributed by atoms with Crippen LogP contribution in [0.2, 0.25) is 10.0 Å². The predicted molar refractivity (Wildman–Crippen MR) is 59.0 cm³/mol. The molecular weight excluding hydrogens is 223 g/mol. The van der Waals surface area contributed by atoms with E-state index in [2.05, 4.69) is 0 Å². The Balaban J connectivity index is 3.17. The van der Waals surface area contributed by atoms with E-state index in [1.807, 2.05) is 0 Å². The Bertz CT molecular complexity index is 331. The van der Waals surface area contributed by atoms with Crippen molar-refractivity contribution in [3.05, 3.63) is 27.7 Å². The number of hydrogen-bond donors (Lipinski definition) is 2. The second kappa shape index (κ2) is 4.84. The molecule has 1 unspecified atom stereocenters. The zero-order chi connectivity index (χ0) is 10.7. The lowest BCUT2D eigenvalue weighted by Gasteiger charge is -2.13. The van der Waals surface area contributed by atoms with Crippen LogP contribution in [0.3, 0.4) is 0 Å². The third-order valence-corrected chi connectivity index (χ3v) is 2.83. The zero-order valence-electron chi connectivity index (χ0n) is 7.76. The van der Waals surface area contributed by atoms with Gasteiger partial charge >= 0.3 is 0 Å². The topological polar surface area (TPSA) is 61.3 Å². The van der Waals surface area contributed by atoms with Gasteiger partial charge < -0.3 is 16.2 Å². The Morgan fingerprint density at radius 3 is 2.50 bits per heavy atom. The Morgan fingerprint density at radius 1 is 1.36 bits per heavy atom. The molecule has 0 heterocycles. The van der Waals surface area contributed by atoms with Crippen molar-refractivity contribution in [2.24, 2.45) is 11.5 Å².